The van der Waals surface area contributed by atoms with Gasteiger partial charge in [0.25, 0.3) is 5.91 Å². The van der Waals surface area contributed by atoms with E-state index in [9.17, 15) is 13.6 Å². The number of piperazine rings is 1. The van der Waals surface area contributed by atoms with E-state index in [0.717, 1.165) is 49.5 Å². The van der Waals surface area contributed by atoms with Gasteiger partial charge in [-0.15, -0.1) is 0 Å². The number of hydrogen-bond acceptors (Lipinski definition) is 6. The summed E-state index contributed by atoms with van der Waals surface area (Å²) >= 11 is 0. The zero-order valence-corrected chi connectivity index (χ0v) is 17.6. The number of anilines is 3. The number of halogens is 2. The highest BCUT2D eigenvalue weighted by Crippen LogP contribution is 2.29. The highest BCUT2D eigenvalue weighted by atomic mass is 19.1. The molecule has 3 heterocycles. The molecule has 166 valence electrons. The molecule has 7 nitrogen and oxygen atoms in total. The Morgan fingerprint density at radius 1 is 0.848 bits per heavy atom. The Morgan fingerprint density at radius 2 is 1.55 bits per heavy atom. The molecule has 9 heteroatoms. The molecule has 4 aromatic rings. The smallest absolute Gasteiger partial charge is 0.257 e. The molecule has 0 aliphatic carbocycles. The molecule has 0 spiro atoms. The minimum absolute atomic E-state index is 0.0891. The van der Waals surface area contributed by atoms with Crippen LogP contribution in [0.5, 0.6) is 0 Å². The van der Waals surface area contributed by atoms with Gasteiger partial charge in [0.05, 0.1) is 11.3 Å². The van der Waals surface area contributed by atoms with Crippen molar-refractivity contribution in [2.45, 2.75) is 0 Å². The first-order valence-electron chi connectivity index (χ1n) is 10.5. The van der Waals surface area contributed by atoms with E-state index < -0.39 is 17.5 Å². The third kappa shape index (κ3) is 4.17. The average Bonchev–Trinajstić information content (AvgIpc) is 2.86. The number of aromatic nitrogens is 3. The van der Waals surface area contributed by atoms with Gasteiger partial charge in [0.15, 0.2) is 0 Å². The number of pyridine rings is 1. The fraction of sp³-hybridized carbons (Fsp3) is 0.167. The molecule has 2 aromatic heterocycles. The predicted molar refractivity (Wildman–Crippen MR) is 123 cm³/mol. The summed E-state index contributed by atoms with van der Waals surface area (Å²) in [6, 6.07) is 12.3. The minimum atomic E-state index is -0.836. The van der Waals surface area contributed by atoms with Crippen LogP contribution < -0.4 is 15.1 Å². The van der Waals surface area contributed by atoms with E-state index >= 15 is 0 Å². The molecular formula is C24H20F2N6O. The Morgan fingerprint density at radius 3 is 2.27 bits per heavy atom. The van der Waals surface area contributed by atoms with E-state index in [1.54, 1.807) is 18.5 Å². The molecule has 1 saturated heterocycles. The van der Waals surface area contributed by atoms with Crippen molar-refractivity contribution in [3.8, 4) is 0 Å². The van der Waals surface area contributed by atoms with E-state index in [1.807, 2.05) is 24.3 Å². The Labute approximate surface area is 188 Å². The number of fused-ring (bicyclic) bond motifs is 1. The summed E-state index contributed by atoms with van der Waals surface area (Å²) in [6.45, 7) is 2.93. The second-order valence-corrected chi connectivity index (χ2v) is 7.64. The molecule has 33 heavy (non-hydrogen) atoms. The second kappa shape index (κ2) is 8.78. The number of benzene rings is 2. The van der Waals surface area contributed by atoms with Crippen molar-refractivity contribution in [1.29, 1.82) is 0 Å². The molecular weight excluding hydrogens is 426 g/mol. The van der Waals surface area contributed by atoms with Gasteiger partial charge in [-0.2, -0.15) is 0 Å². The summed E-state index contributed by atoms with van der Waals surface area (Å²) in [4.78, 5) is 30.4. The van der Waals surface area contributed by atoms with Crippen LogP contribution in [0.1, 0.15) is 10.4 Å². The Kier molecular flexibility index (Phi) is 5.52. The maximum atomic E-state index is 14.0. The number of carbonyl (C=O) groups is 1. The van der Waals surface area contributed by atoms with Gasteiger partial charge in [-0.05, 0) is 23.6 Å². The van der Waals surface area contributed by atoms with Gasteiger partial charge < -0.3 is 15.1 Å². The van der Waals surface area contributed by atoms with E-state index in [0.29, 0.717) is 16.9 Å². The number of nitrogens with one attached hydrogen (secondary N) is 1. The summed E-state index contributed by atoms with van der Waals surface area (Å²) in [6.07, 6.45) is 4.96. The topological polar surface area (TPSA) is 74.2 Å². The Bertz CT molecular complexity index is 1310. The van der Waals surface area contributed by atoms with Crippen LogP contribution in [0.25, 0.3) is 10.8 Å². The second-order valence-electron chi connectivity index (χ2n) is 7.64. The monoisotopic (exact) mass is 446 g/mol. The van der Waals surface area contributed by atoms with Crippen LogP contribution in [0.3, 0.4) is 0 Å². The summed E-state index contributed by atoms with van der Waals surface area (Å²) in [7, 11) is 0. The van der Waals surface area contributed by atoms with E-state index in [-0.39, 0.29) is 5.69 Å². The highest BCUT2D eigenvalue weighted by molar-refractivity contribution is 6.14. The van der Waals surface area contributed by atoms with Crippen LogP contribution in [-0.4, -0.2) is 47.0 Å². The molecule has 0 saturated carbocycles. The van der Waals surface area contributed by atoms with Crippen molar-refractivity contribution < 1.29 is 13.6 Å². The first kappa shape index (κ1) is 20.7. The molecule has 5 rings (SSSR count). The van der Waals surface area contributed by atoms with Crippen molar-refractivity contribution in [2.24, 2.45) is 0 Å². The van der Waals surface area contributed by atoms with E-state index in [1.165, 1.54) is 12.3 Å². The first-order valence-corrected chi connectivity index (χ1v) is 10.5. The molecule has 0 unspecified atom stereocenters. The van der Waals surface area contributed by atoms with Crippen molar-refractivity contribution in [3.05, 3.63) is 84.3 Å². The Balaban J connectivity index is 1.40. The zero-order valence-electron chi connectivity index (χ0n) is 17.6. The molecule has 0 atom stereocenters. The molecule has 1 aliphatic rings. The summed E-state index contributed by atoms with van der Waals surface area (Å²) in [5, 5.41) is 4.05. The molecule has 1 fully saturated rings. The van der Waals surface area contributed by atoms with Gasteiger partial charge in [0, 0.05) is 56.2 Å². The van der Waals surface area contributed by atoms with Crippen LogP contribution in [0, 0.1) is 11.6 Å². The highest BCUT2D eigenvalue weighted by Gasteiger charge is 2.23. The number of hydrogen-bond donors (Lipinski definition) is 1. The molecule has 1 N–H and O–H groups in total. The average molecular weight is 446 g/mol. The quantitative estimate of drug-likeness (QED) is 0.513. The largest absolute Gasteiger partial charge is 0.353 e. The van der Waals surface area contributed by atoms with Crippen molar-refractivity contribution in [1.82, 2.24) is 15.0 Å². The van der Waals surface area contributed by atoms with E-state index in [4.69, 9.17) is 0 Å². The van der Waals surface area contributed by atoms with Crippen molar-refractivity contribution >= 4 is 34.1 Å². The van der Waals surface area contributed by atoms with Gasteiger partial charge >= 0.3 is 0 Å². The molecule has 1 aliphatic heterocycles. The summed E-state index contributed by atoms with van der Waals surface area (Å²) in [5.41, 5.74) is 0.225. The number of amides is 1. The maximum absolute atomic E-state index is 14.0. The fourth-order valence-corrected chi connectivity index (χ4v) is 3.96. The van der Waals surface area contributed by atoms with Crippen LogP contribution >= 0.6 is 0 Å². The summed E-state index contributed by atoms with van der Waals surface area (Å²) in [5.74, 6) is -0.570. The van der Waals surface area contributed by atoms with Crippen molar-refractivity contribution in [2.75, 3.05) is 41.3 Å². The van der Waals surface area contributed by atoms with Crippen LogP contribution in [0.15, 0.2) is 67.1 Å². The zero-order chi connectivity index (χ0) is 22.8. The van der Waals surface area contributed by atoms with Gasteiger partial charge in [0.1, 0.15) is 17.5 Å². The number of carbonyl (C=O) groups excluding carboxylic acids is 1. The third-order valence-electron chi connectivity index (χ3n) is 5.61. The summed E-state index contributed by atoms with van der Waals surface area (Å²) < 4.78 is 27.2. The lowest BCUT2D eigenvalue weighted by Crippen LogP contribution is -2.47. The number of nitrogens with zero attached hydrogens (tertiary/aromatic N) is 5. The lowest BCUT2D eigenvalue weighted by molar-refractivity contribution is 0.102. The fourth-order valence-electron chi connectivity index (χ4n) is 3.96. The van der Waals surface area contributed by atoms with E-state index in [2.05, 4.69) is 30.1 Å². The van der Waals surface area contributed by atoms with Crippen molar-refractivity contribution in [3.63, 3.8) is 0 Å². The molecule has 1 amide bonds. The van der Waals surface area contributed by atoms with Gasteiger partial charge in [-0.3, -0.25) is 4.79 Å². The molecule has 2 aromatic carbocycles. The Hall–Kier alpha value is -4.14. The standard InChI is InChI=1S/C24H20F2N6O/c25-16-6-7-21(20(26)14-16)30-23(33)19-15-29-22(18-5-2-1-4-17(18)19)31-10-12-32(13-11-31)24-27-8-3-9-28-24/h1-9,14-15H,10-13H2,(H,30,33). The maximum Gasteiger partial charge on any atom is 0.257 e. The molecule has 0 radical (unpaired) electrons. The lowest BCUT2D eigenvalue weighted by atomic mass is 10.1. The first-order chi connectivity index (χ1) is 16.1. The van der Waals surface area contributed by atoms with Crippen LogP contribution in [-0.2, 0) is 0 Å². The minimum Gasteiger partial charge on any atom is -0.353 e. The third-order valence-corrected chi connectivity index (χ3v) is 5.61. The lowest BCUT2D eigenvalue weighted by Gasteiger charge is -2.35. The normalized spacial score (nSPS) is 13.9. The van der Waals surface area contributed by atoms with Crippen LogP contribution in [0.4, 0.5) is 26.2 Å². The van der Waals surface area contributed by atoms with Gasteiger partial charge in [0.2, 0.25) is 5.95 Å². The predicted octanol–water partition coefficient (Wildman–Crippen LogP) is 3.88. The SMILES string of the molecule is O=C(Nc1ccc(F)cc1F)c1cnc(N2CCN(c3ncccn3)CC2)c2ccccc12. The number of rotatable bonds is 4. The molecule has 0 bridgehead atoms. The van der Waals surface area contributed by atoms with Crippen LogP contribution in [0.2, 0.25) is 0 Å². The van der Waals surface area contributed by atoms with Gasteiger partial charge in [-0.1, -0.05) is 24.3 Å². The van der Waals surface area contributed by atoms with Gasteiger partial charge in [-0.25, -0.2) is 23.7 Å².